The summed E-state index contributed by atoms with van der Waals surface area (Å²) in [5.41, 5.74) is 0.0166. The van der Waals surface area contributed by atoms with Crippen LogP contribution in [0.5, 0.6) is 11.5 Å². The number of aromatic nitrogens is 1. The summed E-state index contributed by atoms with van der Waals surface area (Å²) in [7, 11) is -3.54. The van der Waals surface area contributed by atoms with E-state index < -0.39 is 15.7 Å². The molecule has 1 fully saturated rings. The molecule has 3 rings (SSSR count). The first kappa shape index (κ1) is 25.3. The molecule has 184 valence electrons. The van der Waals surface area contributed by atoms with Gasteiger partial charge in [0.05, 0.1) is 22.9 Å². The summed E-state index contributed by atoms with van der Waals surface area (Å²) >= 11 is 0. The first-order valence-electron chi connectivity index (χ1n) is 10.7. The monoisotopic (exact) mass is 493 g/mol. The maximum absolute atomic E-state index is 14.5. The molecule has 0 unspecified atom stereocenters. The highest BCUT2D eigenvalue weighted by molar-refractivity contribution is 7.90. The van der Waals surface area contributed by atoms with Crippen LogP contribution in [0.4, 0.5) is 20.7 Å². The maximum atomic E-state index is 14.5. The van der Waals surface area contributed by atoms with E-state index in [1.54, 1.807) is 24.8 Å². The number of ether oxygens (including phenoxy) is 3. The van der Waals surface area contributed by atoms with Crippen molar-refractivity contribution in [1.29, 1.82) is 0 Å². The second kappa shape index (κ2) is 10.7. The molecule has 0 aliphatic carbocycles. The van der Waals surface area contributed by atoms with Gasteiger partial charge >= 0.3 is 6.09 Å². The van der Waals surface area contributed by atoms with Gasteiger partial charge in [-0.3, -0.25) is 0 Å². The largest absolute Gasteiger partial charge is 0.486 e. The molecule has 0 bridgehead atoms. The minimum absolute atomic E-state index is 0.0166. The van der Waals surface area contributed by atoms with Crippen LogP contribution in [0.15, 0.2) is 48.2 Å². The molecule has 1 aliphatic heterocycles. The van der Waals surface area contributed by atoms with Gasteiger partial charge in [-0.05, 0) is 32.0 Å². The lowest BCUT2D eigenvalue weighted by Gasteiger charge is -2.32. The normalized spacial score (nSPS) is 14.6. The van der Waals surface area contributed by atoms with E-state index in [0.29, 0.717) is 31.7 Å². The van der Waals surface area contributed by atoms with Crippen LogP contribution in [-0.2, 0) is 14.6 Å². The van der Waals surface area contributed by atoms with E-state index in [2.05, 4.69) is 16.9 Å². The number of anilines is 2. The van der Waals surface area contributed by atoms with Crippen LogP contribution in [-0.4, -0.2) is 55.9 Å². The number of carbonyl (C=O) groups excluding carboxylic acids is 1. The highest BCUT2D eigenvalue weighted by Gasteiger charge is 2.27. The van der Waals surface area contributed by atoms with E-state index in [1.165, 1.54) is 24.6 Å². The number of hydrogen-bond acceptors (Lipinski definition) is 8. The van der Waals surface area contributed by atoms with Gasteiger partial charge in [-0.1, -0.05) is 6.58 Å². The van der Waals surface area contributed by atoms with Gasteiger partial charge in [0.25, 0.3) is 0 Å². The minimum Gasteiger partial charge on any atom is -0.486 e. The standard InChI is InChI=1S/C23H28FN3O6S/c1-5-31-21-20(33-16-9-12-27(13-10-16)23(28)32-15(2)3)8-11-25-22(21)26-19-7-6-17(14-18(19)24)34(4,29)30/h5-8,11,14-16H,1,9-10,12-13H2,2-4H3,(H,25,26). The molecule has 11 heteroatoms. The van der Waals surface area contributed by atoms with E-state index in [4.69, 9.17) is 14.2 Å². The molecule has 1 aromatic heterocycles. The number of nitrogens with one attached hydrogen (secondary N) is 1. The van der Waals surface area contributed by atoms with Crippen molar-refractivity contribution in [3.8, 4) is 11.5 Å². The van der Waals surface area contributed by atoms with Gasteiger partial charge < -0.3 is 24.4 Å². The third-order valence-corrected chi connectivity index (χ3v) is 6.13. The third kappa shape index (κ3) is 6.37. The Morgan fingerprint density at radius 1 is 1.29 bits per heavy atom. The summed E-state index contributed by atoms with van der Waals surface area (Å²) in [5, 5.41) is 2.82. The Labute approximate surface area is 198 Å². The Balaban J connectivity index is 1.75. The molecule has 2 heterocycles. The summed E-state index contributed by atoms with van der Waals surface area (Å²) in [6.07, 6.45) is 4.15. The average Bonchev–Trinajstić information content (AvgIpc) is 2.76. The van der Waals surface area contributed by atoms with Gasteiger partial charge in [0.1, 0.15) is 11.9 Å². The first-order chi connectivity index (χ1) is 16.1. The number of piperidine rings is 1. The van der Waals surface area contributed by atoms with Crippen LogP contribution in [0.25, 0.3) is 0 Å². The lowest BCUT2D eigenvalue weighted by Crippen LogP contribution is -2.42. The SMILES string of the molecule is C=COc1c(OC2CCN(C(=O)OC(C)C)CC2)ccnc1Nc1ccc(S(C)(=O)=O)cc1F. The zero-order valence-corrected chi connectivity index (χ0v) is 20.1. The van der Waals surface area contributed by atoms with Crippen LogP contribution in [0.2, 0.25) is 0 Å². The summed E-state index contributed by atoms with van der Waals surface area (Å²) < 4.78 is 54.7. The molecule has 34 heavy (non-hydrogen) atoms. The van der Waals surface area contributed by atoms with Crippen LogP contribution in [0.1, 0.15) is 26.7 Å². The van der Waals surface area contributed by atoms with Gasteiger partial charge in [0, 0.05) is 44.5 Å². The number of carbonyl (C=O) groups is 1. The van der Waals surface area contributed by atoms with Crippen molar-refractivity contribution >= 4 is 27.4 Å². The Morgan fingerprint density at radius 3 is 2.59 bits per heavy atom. The molecule has 9 nitrogen and oxygen atoms in total. The van der Waals surface area contributed by atoms with Gasteiger partial charge in [-0.2, -0.15) is 0 Å². The van der Waals surface area contributed by atoms with E-state index >= 15 is 0 Å². The number of likely N-dealkylation sites (tertiary alicyclic amines) is 1. The van der Waals surface area contributed by atoms with Gasteiger partial charge in [0.2, 0.25) is 5.75 Å². The molecule has 2 aromatic rings. The van der Waals surface area contributed by atoms with Crippen molar-refractivity contribution in [2.75, 3.05) is 24.7 Å². The fourth-order valence-corrected chi connectivity index (χ4v) is 4.01. The summed E-state index contributed by atoms with van der Waals surface area (Å²) in [6, 6.07) is 5.16. The number of nitrogens with zero attached hydrogens (tertiary/aromatic N) is 2. The second-order valence-electron chi connectivity index (χ2n) is 8.05. The number of pyridine rings is 1. The third-order valence-electron chi connectivity index (χ3n) is 5.02. The summed E-state index contributed by atoms with van der Waals surface area (Å²) in [5.74, 6) is -0.0258. The number of amides is 1. The number of hydrogen-bond donors (Lipinski definition) is 1. The Hall–Kier alpha value is -3.34. The summed E-state index contributed by atoms with van der Waals surface area (Å²) in [6.45, 7) is 8.15. The molecule has 0 saturated carbocycles. The number of sulfone groups is 1. The van der Waals surface area contributed by atoms with Gasteiger partial charge in [-0.15, -0.1) is 0 Å². The van der Waals surface area contributed by atoms with Crippen molar-refractivity contribution < 1.29 is 31.8 Å². The van der Waals surface area contributed by atoms with Crippen molar-refractivity contribution in [3.05, 3.63) is 49.1 Å². The highest BCUT2D eigenvalue weighted by Crippen LogP contribution is 2.37. The lowest BCUT2D eigenvalue weighted by atomic mass is 10.1. The number of rotatable bonds is 8. The predicted molar refractivity (Wildman–Crippen MR) is 125 cm³/mol. The highest BCUT2D eigenvalue weighted by atomic mass is 32.2. The molecule has 1 saturated heterocycles. The molecule has 1 aromatic carbocycles. The van der Waals surface area contributed by atoms with Crippen molar-refractivity contribution in [2.45, 2.75) is 43.8 Å². The molecule has 0 atom stereocenters. The molecule has 1 aliphatic rings. The quantitative estimate of drug-likeness (QED) is 0.543. The van der Waals surface area contributed by atoms with Gasteiger partial charge in [0.15, 0.2) is 21.4 Å². The number of benzene rings is 1. The Morgan fingerprint density at radius 2 is 2.00 bits per heavy atom. The lowest BCUT2D eigenvalue weighted by molar-refractivity contribution is 0.0512. The Kier molecular flexibility index (Phi) is 7.98. The zero-order chi connectivity index (χ0) is 24.9. The second-order valence-corrected chi connectivity index (χ2v) is 10.1. The smallest absolute Gasteiger partial charge is 0.410 e. The van der Waals surface area contributed by atoms with Gasteiger partial charge in [-0.25, -0.2) is 22.6 Å². The van der Waals surface area contributed by atoms with E-state index in [9.17, 15) is 17.6 Å². The average molecular weight is 494 g/mol. The molecule has 1 amide bonds. The predicted octanol–water partition coefficient (Wildman–Crippen LogP) is 4.28. The van der Waals surface area contributed by atoms with Crippen LogP contribution in [0, 0.1) is 5.82 Å². The van der Waals surface area contributed by atoms with Crippen molar-refractivity contribution in [2.24, 2.45) is 0 Å². The maximum Gasteiger partial charge on any atom is 0.410 e. The van der Waals surface area contributed by atoms with Crippen molar-refractivity contribution in [3.63, 3.8) is 0 Å². The molecule has 0 radical (unpaired) electrons. The molecular formula is C23H28FN3O6S. The van der Waals surface area contributed by atoms with E-state index in [-0.39, 0.29) is 40.5 Å². The first-order valence-corrected chi connectivity index (χ1v) is 12.6. The van der Waals surface area contributed by atoms with Crippen LogP contribution in [0.3, 0.4) is 0 Å². The molecular weight excluding hydrogens is 465 g/mol. The van der Waals surface area contributed by atoms with Crippen molar-refractivity contribution in [1.82, 2.24) is 9.88 Å². The Bertz CT molecular complexity index is 1150. The number of halogens is 1. The topological polar surface area (TPSA) is 107 Å². The van der Waals surface area contributed by atoms with E-state index in [1.807, 2.05) is 0 Å². The molecule has 1 N–H and O–H groups in total. The van der Waals surface area contributed by atoms with E-state index in [0.717, 1.165) is 12.3 Å². The summed E-state index contributed by atoms with van der Waals surface area (Å²) in [4.78, 5) is 17.8. The fourth-order valence-electron chi connectivity index (χ4n) is 3.38. The molecule has 0 spiro atoms. The van der Waals surface area contributed by atoms with Crippen LogP contribution < -0.4 is 14.8 Å². The zero-order valence-electron chi connectivity index (χ0n) is 19.3. The fraction of sp³-hybridized carbons (Fsp3) is 0.391. The minimum atomic E-state index is -3.54. The van der Waals surface area contributed by atoms with Crippen LogP contribution >= 0.6 is 0 Å².